The molecular formula is C10H10O3. The van der Waals surface area contributed by atoms with Crippen molar-refractivity contribution >= 4 is 11.6 Å². The average Bonchev–Trinajstić information content (AvgIpc) is 2.12. The Morgan fingerprint density at radius 3 is 2.54 bits per heavy atom. The maximum Gasteiger partial charge on any atom is 0.220 e. The summed E-state index contributed by atoms with van der Waals surface area (Å²) in [7, 11) is 1.38. The summed E-state index contributed by atoms with van der Waals surface area (Å²) >= 11 is 0. The van der Waals surface area contributed by atoms with Gasteiger partial charge in [0.15, 0.2) is 11.5 Å². The minimum absolute atomic E-state index is 0.132. The van der Waals surface area contributed by atoms with Crippen molar-refractivity contribution in [3.8, 4) is 0 Å². The van der Waals surface area contributed by atoms with Crippen LogP contribution in [0, 0.1) is 0 Å². The van der Waals surface area contributed by atoms with Crippen LogP contribution in [-0.2, 0) is 14.3 Å². The summed E-state index contributed by atoms with van der Waals surface area (Å²) in [6.45, 7) is 3.51. The zero-order valence-electron chi connectivity index (χ0n) is 7.37. The van der Waals surface area contributed by atoms with Gasteiger partial charge in [0, 0.05) is 5.57 Å². The number of hydrogen-bond acceptors (Lipinski definition) is 3. The monoisotopic (exact) mass is 178 g/mol. The third-order valence-corrected chi connectivity index (χ3v) is 1.73. The molecule has 68 valence electrons. The molecule has 0 amide bonds. The first-order chi connectivity index (χ1) is 6.20. The molecule has 1 aliphatic rings. The molecule has 0 saturated heterocycles. The van der Waals surface area contributed by atoms with Crippen molar-refractivity contribution in [3.05, 3.63) is 36.1 Å². The highest BCUT2D eigenvalue weighted by atomic mass is 16.5. The van der Waals surface area contributed by atoms with Gasteiger partial charge >= 0.3 is 0 Å². The van der Waals surface area contributed by atoms with Crippen LogP contribution >= 0.6 is 0 Å². The molecule has 0 bridgehead atoms. The molecule has 1 aliphatic carbocycles. The number of allylic oxidation sites excluding steroid dienone is 4. The average molecular weight is 178 g/mol. The van der Waals surface area contributed by atoms with Crippen LogP contribution in [-0.4, -0.2) is 18.7 Å². The lowest BCUT2D eigenvalue weighted by molar-refractivity contribution is -0.117. The molecule has 0 fully saturated rings. The molecular weight excluding hydrogens is 168 g/mol. The van der Waals surface area contributed by atoms with Crippen molar-refractivity contribution in [2.45, 2.75) is 6.42 Å². The Morgan fingerprint density at radius 1 is 1.38 bits per heavy atom. The van der Waals surface area contributed by atoms with Crippen LogP contribution in [0.2, 0.25) is 0 Å². The smallest absolute Gasteiger partial charge is 0.220 e. The lowest BCUT2D eigenvalue weighted by Gasteiger charge is -2.11. The van der Waals surface area contributed by atoms with E-state index < -0.39 is 0 Å². The predicted octanol–water partition coefficient (Wildman–Crippen LogP) is 1.17. The number of methoxy groups -OCH3 is 1. The molecule has 0 atom stereocenters. The van der Waals surface area contributed by atoms with Gasteiger partial charge in [-0.2, -0.15) is 0 Å². The summed E-state index contributed by atoms with van der Waals surface area (Å²) < 4.78 is 4.85. The summed E-state index contributed by atoms with van der Waals surface area (Å²) in [6, 6.07) is 0. The third-order valence-electron chi connectivity index (χ3n) is 1.73. The second-order valence-electron chi connectivity index (χ2n) is 2.57. The van der Waals surface area contributed by atoms with Gasteiger partial charge < -0.3 is 4.74 Å². The molecule has 3 heteroatoms. The molecule has 0 aromatic carbocycles. The first kappa shape index (κ1) is 9.45. The SMILES string of the molecule is C=CCC1=C(OC)C(=O)C=CC1=O. The molecule has 3 nitrogen and oxygen atoms in total. The summed E-state index contributed by atoms with van der Waals surface area (Å²) in [5, 5.41) is 0. The fourth-order valence-corrected chi connectivity index (χ4v) is 1.15. The molecule has 13 heavy (non-hydrogen) atoms. The molecule has 0 N–H and O–H groups in total. The van der Waals surface area contributed by atoms with Crippen LogP contribution in [0.4, 0.5) is 0 Å². The predicted molar refractivity (Wildman–Crippen MR) is 48.0 cm³/mol. The van der Waals surface area contributed by atoms with Gasteiger partial charge in [-0.05, 0) is 18.6 Å². The van der Waals surface area contributed by atoms with Gasteiger partial charge in [-0.25, -0.2) is 0 Å². The number of hydrogen-bond donors (Lipinski definition) is 0. The van der Waals surface area contributed by atoms with Gasteiger partial charge in [0.2, 0.25) is 5.78 Å². The minimum atomic E-state index is -0.265. The normalized spacial score (nSPS) is 16.4. The highest BCUT2D eigenvalue weighted by Gasteiger charge is 2.21. The van der Waals surface area contributed by atoms with Gasteiger partial charge in [-0.1, -0.05) is 6.08 Å². The number of ketones is 2. The zero-order chi connectivity index (χ0) is 9.84. The lowest BCUT2D eigenvalue weighted by Crippen LogP contribution is -2.15. The highest BCUT2D eigenvalue weighted by molar-refractivity contribution is 6.19. The third kappa shape index (κ3) is 1.75. The second-order valence-corrected chi connectivity index (χ2v) is 2.57. The van der Waals surface area contributed by atoms with Crippen molar-refractivity contribution in [2.75, 3.05) is 7.11 Å². The molecule has 0 radical (unpaired) electrons. The Morgan fingerprint density at radius 2 is 2.00 bits per heavy atom. The van der Waals surface area contributed by atoms with Crippen molar-refractivity contribution in [2.24, 2.45) is 0 Å². The Hall–Kier alpha value is -1.64. The molecule has 0 heterocycles. The van der Waals surface area contributed by atoms with Crippen molar-refractivity contribution in [1.82, 2.24) is 0 Å². The molecule has 1 rings (SSSR count). The summed E-state index contributed by atoms with van der Waals surface area (Å²) in [5.74, 6) is -0.317. The van der Waals surface area contributed by atoms with Crippen LogP contribution in [0.15, 0.2) is 36.1 Å². The van der Waals surface area contributed by atoms with E-state index in [1.165, 1.54) is 19.3 Å². The Kier molecular flexibility index (Phi) is 2.80. The van der Waals surface area contributed by atoms with E-state index in [2.05, 4.69) is 6.58 Å². The molecule has 0 unspecified atom stereocenters. The minimum Gasteiger partial charge on any atom is -0.492 e. The van der Waals surface area contributed by atoms with E-state index in [-0.39, 0.29) is 17.3 Å². The van der Waals surface area contributed by atoms with E-state index in [4.69, 9.17) is 4.74 Å². The van der Waals surface area contributed by atoms with E-state index in [0.29, 0.717) is 12.0 Å². The molecule has 0 saturated carbocycles. The van der Waals surface area contributed by atoms with E-state index in [0.717, 1.165) is 0 Å². The molecule has 0 aromatic rings. The summed E-state index contributed by atoms with van der Waals surface area (Å²) in [6.07, 6.45) is 4.40. The molecule has 0 aliphatic heterocycles. The van der Waals surface area contributed by atoms with Gasteiger partial charge in [0.25, 0.3) is 0 Å². The molecule has 0 aromatic heterocycles. The van der Waals surface area contributed by atoms with Gasteiger partial charge in [-0.15, -0.1) is 6.58 Å². The lowest BCUT2D eigenvalue weighted by atomic mass is 9.99. The van der Waals surface area contributed by atoms with E-state index in [9.17, 15) is 9.59 Å². The summed E-state index contributed by atoms with van der Waals surface area (Å²) in [4.78, 5) is 22.5. The van der Waals surface area contributed by atoms with Crippen molar-refractivity contribution < 1.29 is 14.3 Å². The number of carbonyl (C=O) groups is 2. The van der Waals surface area contributed by atoms with Gasteiger partial charge in [0.1, 0.15) is 0 Å². The Bertz CT molecular complexity index is 321. The molecule has 0 spiro atoms. The van der Waals surface area contributed by atoms with E-state index in [1.807, 2.05) is 0 Å². The summed E-state index contributed by atoms with van der Waals surface area (Å²) in [5.41, 5.74) is 0.380. The van der Waals surface area contributed by atoms with E-state index in [1.54, 1.807) is 6.08 Å². The van der Waals surface area contributed by atoms with Crippen LogP contribution in [0.3, 0.4) is 0 Å². The quantitative estimate of drug-likeness (QED) is 0.481. The number of carbonyl (C=O) groups excluding carboxylic acids is 2. The largest absolute Gasteiger partial charge is 0.492 e. The first-order valence-electron chi connectivity index (χ1n) is 3.85. The second kappa shape index (κ2) is 3.85. The van der Waals surface area contributed by atoms with Crippen molar-refractivity contribution in [1.29, 1.82) is 0 Å². The maximum absolute atomic E-state index is 11.3. The van der Waals surface area contributed by atoms with Gasteiger partial charge in [-0.3, -0.25) is 9.59 Å². The van der Waals surface area contributed by atoms with Crippen LogP contribution in [0.5, 0.6) is 0 Å². The van der Waals surface area contributed by atoms with Gasteiger partial charge in [0.05, 0.1) is 7.11 Å². The Labute approximate surface area is 76.4 Å². The number of ether oxygens (including phenoxy) is 1. The standard InChI is InChI=1S/C10H10O3/c1-3-4-7-8(11)5-6-9(12)10(7)13-2/h3,5-6H,1,4H2,2H3. The highest BCUT2D eigenvalue weighted by Crippen LogP contribution is 2.17. The topological polar surface area (TPSA) is 43.4 Å². The Balaban J connectivity index is 3.10. The van der Waals surface area contributed by atoms with Crippen LogP contribution in [0.25, 0.3) is 0 Å². The maximum atomic E-state index is 11.3. The van der Waals surface area contributed by atoms with Crippen LogP contribution in [0.1, 0.15) is 6.42 Å². The fraction of sp³-hybridized carbons (Fsp3) is 0.200. The van der Waals surface area contributed by atoms with Crippen LogP contribution < -0.4 is 0 Å². The fourth-order valence-electron chi connectivity index (χ4n) is 1.15. The first-order valence-corrected chi connectivity index (χ1v) is 3.85. The zero-order valence-corrected chi connectivity index (χ0v) is 7.37. The van der Waals surface area contributed by atoms with Crippen molar-refractivity contribution in [3.63, 3.8) is 0 Å². The van der Waals surface area contributed by atoms with E-state index >= 15 is 0 Å². The number of rotatable bonds is 3.